The topological polar surface area (TPSA) is 29.3 Å². The summed E-state index contributed by atoms with van der Waals surface area (Å²) in [6.45, 7) is 8.53. The summed E-state index contributed by atoms with van der Waals surface area (Å²) in [5.41, 5.74) is 10.2. The molecule has 2 nitrogen and oxygen atoms in total. The van der Waals surface area contributed by atoms with E-state index in [0.717, 1.165) is 6.54 Å². The first-order valence-corrected chi connectivity index (χ1v) is 7.89. The molecule has 18 heavy (non-hydrogen) atoms. The molecule has 0 amide bonds. The van der Waals surface area contributed by atoms with E-state index in [2.05, 4.69) is 55.6 Å². The quantitative estimate of drug-likeness (QED) is 0.910. The van der Waals surface area contributed by atoms with Gasteiger partial charge in [0.1, 0.15) is 0 Å². The van der Waals surface area contributed by atoms with Gasteiger partial charge >= 0.3 is 0 Å². The summed E-state index contributed by atoms with van der Waals surface area (Å²) in [4.78, 5) is 2.58. The van der Waals surface area contributed by atoms with E-state index in [9.17, 15) is 0 Å². The van der Waals surface area contributed by atoms with Crippen LogP contribution in [0.2, 0.25) is 0 Å². The predicted molar refractivity (Wildman–Crippen MR) is 81.2 cm³/mol. The predicted octanol–water partition coefficient (Wildman–Crippen LogP) is 2.74. The molecule has 0 bridgehead atoms. The van der Waals surface area contributed by atoms with Crippen LogP contribution in [0.15, 0.2) is 18.2 Å². The van der Waals surface area contributed by atoms with Gasteiger partial charge in [0.2, 0.25) is 0 Å². The minimum absolute atomic E-state index is 0.376. The van der Waals surface area contributed by atoms with E-state index >= 15 is 0 Å². The largest absolute Gasteiger partial charge is 0.329 e. The van der Waals surface area contributed by atoms with Crippen LogP contribution in [0.1, 0.15) is 29.7 Å². The smallest absolute Gasteiger partial charge is 0.0476 e. The molecular formula is C15H24N2S. The molecule has 100 valence electrons. The Morgan fingerprint density at radius 2 is 2.22 bits per heavy atom. The van der Waals surface area contributed by atoms with E-state index < -0.39 is 0 Å². The molecule has 0 aliphatic carbocycles. The van der Waals surface area contributed by atoms with Crippen LogP contribution in [-0.2, 0) is 0 Å². The second-order valence-electron chi connectivity index (χ2n) is 5.27. The first kappa shape index (κ1) is 13.9. The van der Waals surface area contributed by atoms with Crippen molar-refractivity contribution in [1.29, 1.82) is 0 Å². The van der Waals surface area contributed by atoms with Crippen molar-refractivity contribution in [1.82, 2.24) is 4.90 Å². The molecule has 0 radical (unpaired) electrons. The maximum atomic E-state index is 6.06. The highest BCUT2D eigenvalue weighted by atomic mass is 32.2. The zero-order chi connectivity index (χ0) is 13.1. The van der Waals surface area contributed by atoms with E-state index in [-0.39, 0.29) is 0 Å². The van der Waals surface area contributed by atoms with Gasteiger partial charge in [-0.2, -0.15) is 11.8 Å². The molecule has 0 saturated carbocycles. The molecule has 0 spiro atoms. The fourth-order valence-electron chi connectivity index (χ4n) is 2.84. The molecule has 1 fully saturated rings. The zero-order valence-electron chi connectivity index (χ0n) is 11.6. The average molecular weight is 264 g/mol. The first-order chi connectivity index (χ1) is 8.63. The van der Waals surface area contributed by atoms with Gasteiger partial charge in [-0.15, -0.1) is 0 Å². The van der Waals surface area contributed by atoms with Gasteiger partial charge in [-0.05, 0) is 31.9 Å². The minimum Gasteiger partial charge on any atom is -0.329 e. The number of benzene rings is 1. The van der Waals surface area contributed by atoms with Crippen LogP contribution in [0.4, 0.5) is 0 Å². The third-order valence-electron chi connectivity index (χ3n) is 3.83. The van der Waals surface area contributed by atoms with E-state index in [0.29, 0.717) is 18.6 Å². The van der Waals surface area contributed by atoms with Crippen molar-refractivity contribution in [3.8, 4) is 0 Å². The van der Waals surface area contributed by atoms with Crippen LogP contribution >= 0.6 is 11.8 Å². The highest BCUT2D eigenvalue weighted by Crippen LogP contribution is 2.29. The number of aryl methyl sites for hydroxylation is 2. The molecule has 1 aliphatic rings. The van der Waals surface area contributed by atoms with Gasteiger partial charge in [0.25, 0.3) is 0 Å². The van der Waals surface area contributed by atoms with Gasteiger partial charge in [-0.25, -0.2) is 0 Å². The van der Waals surface area contributed by atoms with Crippen LogP contribution < -0.4 is 5.73 Å². The molecule has 2 unspecified atom stereocenters. The fraction of sp³-hybridized carbons (Fsp3) is 0.600. The Morgan fingerprint density at radius 1 is 1.44 bits per heavy atom. The Kier molecular flexibility index (Phi) is 4.71. The molecule has 2 atom stereocenters. The normalized spacial score (nSPS) is 23.0. The van der Waals surface area contributed by atoms with E-state index in [1.54, 1.807) is 0 Å². The number of nitrogens with zero attached hydrogens (tertiary/aromatic N) is 1. The number of hydrogen-bond donors (Lipinski definition) is 1. The molecular weight excluding hydrogens is 240 g/mol. The lowest BCUT2D eigenvalue weighted by Crippen LogP contribution is -2.45. The lowest BCUT2D eigenvalue weighted by atomic mass is 9.97. The average Bonchev–Trinajstić information content (AvgIpc) is 2.34. The summed E-state index contributed by atoms with van der Waals surface area (Å²) in [5, 5.41) is 0. The number of thioether (sulfide) groups is 1. The van der Waals surface area contributed by atoms with Crippen molar-refractivity contribution >= 4 is 11.8 Å². The lowest BCUT2D eigenvalue weighted by Gasteiger charge is -2.39. The van der Waals surface area contributed by atoms with Crippen LogP contribution in [0.25, 0.3) is 0 Å². The Morgan fingerprint density at radius 3 is 2.83 bits per heavy atom. The van der Waals surface area contributed by atoms with Crippen LogP contribution in [0.5, 0.6) is 0 Å². The van der Waals surface area contributed by atoms with Gasteiger partial charge in [-0.3, -0.25) is 4.90 Å². The van der Waals surface area contributed by atoms with E-state index in [4.69, 9.17) is 5.73 Å². The second-order valence-corrected chi connectivity index (χ2v) is 6.42. The van der Waals surface area contributed by atoms with Crippen molar-refractivity contribution in [2.75, 3.05) is 24.6 Å². The van der Waals surface area contributed by atoms with Gasteiger partial charge in [-0.1, -0.05) is 23.8 Å². The molecule has 1 heterocycles. The van der Waals surface area contributed by atoms with Crippen molar-refractivity contribution in [3.63, 3.8) is 0 Å². The van der Waals surface area contributed by atoms with Crippen molar-refractivity contribution in [2.24, 2.45) is 5.73 Å². The van der Waals surface area contributed by atoms with E-state index in [1.165, 1.54) is 28.2 Å². The Labute approximate surface area is 115 Å². The summed E-state index contributed by atoms with van der Waals surface area (Å²) in [5.74, 6) is 2.45. The summed E-state index contributed by atoms with van der Waals surface area (Å²) >= 11 is 2.05. The highest BCUT2D eigenvalue weighted by Gasteiger charge is 2.27. The molecule has 2 N–H and O–H groups in total. The van der Waals surface area contributed by atoms with Crippen molar-refractivity contribution in [3.05, 3.63) is 34.9 Å². The second kappa shape index (κ2) is 6.09. The molecule has 1 saturated heterocycles. The van der Waals surface area contributed by atoms with Gasteiger partial charge in [0.15, 0.2) is 0 Å². The summed E-state index contributed by atoms with van der Waals surface area (Å²) < 4.78 is 0. The van der Waals surface area contributed by atoms with Crippen LogP contribution in [0.3, 0.4) is 0 Å². The monoisotopic (exact) mass is 264 g/mol. The maximum Gasteiger partial charge on any atom is 0.0476 e. The summed E-state index contributed by atoms with van der Waals surface area (Å²) in [7, 11) is 0. The van der Waals surface area contributed by atoms with Gasteiger partial charge in [0.05, 0.1) is 0 Å². The van der Waals surface area contributed by atoms with Crippen molar-refractivity contribution < 1.29 is 0 Å². The lowest BCUT2D eigenvalue weighted by molar-refractivity contribution is 0.165. The van der Waals surface area contributed by atoms with Crippen LogP contribution in [-0.4, -0.2) is 35.5 Å². The number of nitrogens with two attached hydrogens (primary N) is 1. The van der Waals surface area contributed by atoms with Crippen molar-refractivity contribution in [2.45, 2.75) is 32.9 Å². The van der Waals surface area contributed by atoms with E-state index in [1.807, 2.05) is 0 Å². The third-order valence-corrected chi connectivity index (χ3v) is 5.02. The third kappa shape index (κ3) is 2.90. The Balaban J connectivity index is 2.26. The number of hydrogen-bond acceptors (Lipinski definition) is 3. The standard InChI is InChI=1S/C15H24N2S/c1-11-4-5-14(12(2)8-11)15(9-16)17-6-7-18-10-13(17)3/h4-5,8,13,15H,6-7,9-10,16H2,1-3H3. The first-order valence-electron chi connectivity index (χ1n) is 6.74. The minimum atomic E-state index is 0.376. The molecule has 2 rings (SSSR count). The highest BCUT2D eigenvalue weighted by molar-refractivity contribution is 7.99. The number of rotatable bonds is 3. The maximum absolute atomic E-state index is 6.06. The van der Waals surface area contributed by atoms with Gasteiger partial charge < -0.3 is 5.73 Å². The van der Waals surface area contributed by atoms with Gasteiger partial charge in [0, 0.05) is 36.7 Å². The Hall–Kier alpha value is -0.510. The molecule has 3 heteroatoms. The molecule has 1 aromatic rings. The zero-order valence-corrected chi connectivity index (χ0v) is 12.5. The fourth-order valence-corrected chi connectivity index (χ4v) is 3.88. The molecule has 1 aliphatic heterocycles. The van der Waals surface area contributed by atoms with Crippen LogP contribution in [0, 0.1) is 13.8 Å². The molecule has 1 aromatic carbocycles. The SMILES string of the molecule is Cc1ccc(C(CN)N2CCSCC2C)c(C)c1. The summed E-state index contributed by atoms with van der Waals surface area (Å²) in [6.07, 6.45) is 0. The molecule has 0 aromatic heterocycles. The Bertz CT molecular complexity index is 405. The summed E-state index contributed by atoms with van der Waals surface area (Å²) in [6, 6.07) is 7.73.